The van der Waals surface area contributed by atoms with E-state index in [0.717, 1.165) is 53.5 Å². The van der Waals surface area contributed by atoms with E-state index in [1.54, 1.807) is 5.51 Å². The Bertz CT molecular complexity index is 813. The minimum absolute atomic E-state index is 0.0982. The third kappa shape index (κ3) is 2.63. The third-order valence-electron chi connectivity index (χ3n) is 4.38. The highest BCUT2D eigenvalue weighted by Gasteiger charge is 2.28. The number of hydrogen-bond acceptors (Lipinski definition) is 5. The Balaban J connectivity index is 1.46. The summed E-state index contributed by atoms with van der Waals surface area (Å²) in [7, 11) is 0. The molecule has 0 unspecified atom stereocenters. The standard InChI is InChI=1S/C17H17N3O2S/c1-11-15(23-10-18-11)17(21)20-8-6-12(7-9-20)16-19-13-4-2-3-5-14(13)22-16/h2-5,10,12H,6-9H2,1H3. The SMILES string of the molecule is Cc1ncsc1C(=O)N1CCC(c2nc3ccccc3o2)CC1. The second-order valence-corrected chi connectivity index (χ2v) is 6.71. The second kappa shape index (κ2) is 5.77. The van der Waals surface area contributed by atoms with Crippen LogP contribution in [0.5, 0.6) is 0 Å². The molecule has 0 spiro atoms. The van der Waals surface area contributed by atoms with Crippen LogP contribution in [0.2, 0.25) is 0 Å². The van der Waals surface area contributed by atoms with E-state index >= 15 is 0 Å². The molecule has 1 aliphatic rings. The van der Waals surface area contributed by atoms with E-state index in [-0.39, 0.29) is 11.8 Å². The maximum Gasteiger partial charge on any atom is 0.265 e. The molecule has 1 aliphatic heterocycles. The monoisotopic (exact) mass is 327 g/mol. The summed E-state index contributed by atoms with van der Waals surface area (Å²) >= 11 is 1.42. The van der Waals surface area contributed by atoms with Crippen LogP contribution in [-0.4, -0.2) is 33.9 Å². The van der Waals surface area contributed by atoms with Crippen molar-refractivity contribution in [1.29, 1.82) is 0 Å². The fourth-order valence-electron chi connectivity index (χ4n) is 3.04. The zero-order valence-electron chi connectivity index (χ0n) is 12.9. The number of rotatable bonds is 2. The molecule has 0 saturated carbocycles. The van der Waals surface area contributed by atoms with Crippen molar-refractivity contribution in [3.05, 3.63) is 46.2 Å². The van der Waals surface area contributed by atoms with Crippen molar-refractivity contribution in [3.63, 3.8) is 0 Å². The molecule has 1 fully saturated rings. The number of carbonyl (C=O) groups excluding carboxylic acids is 1. The predicted molar refractivity (Wildman–Crippen MR) is 88.7 cm³/mol. The predicted octanol–water partition coefficient (Wildman–Crippen LogP) is 3.61. The summed E-state index contributed by atoms with van der Waals surface area (Å²) < 4.78 is 5.87. The molecular formula is C17H17N3O2S. The number of hydrogen-bond donors (Lipinski definition) is 0. The summed E-state index contributed by atoms with van der Waals surface area (Å²) in [5, 5.41) is 0. The second-order valence-electron chi connectivity index (χ2n) is 5.85. The lowest BCUT2D eigenvalue weighted by molar-refractivity contribution is 0.0710. The van der Waals surface area contributed by atoms with Crippen LogP contribution < -0.4 is 0 Å². The Morgan fingerprint density at radius 3 is 2.78 bits per heavy atom. The number of benzene rings is 1. The van der Waals surface area contributed by atoms with Gasteiger partial charge >= 0.3 is 0 Å². The molecule has 0 atom stereocenters. The number of carbonyl (C=O) groups is 1. The molecule has 23 heavy (non-hydrogen) atoms. The highest BCUT2D eigenvalue weighted by Crippen LogP contribution is 2.30. The van der Waals surface area contributed by atoms with E-state index < -0.39 is 0 Å². The molecule has 0 bridgehead atoms. The summed E-state index contributed by atoms with van der Waals surface area (Å²) in [6.07, 6.45) is 1.77. The number of piperidine rings is 1. The first-order valence-electron chi connectivity index (χ1n) is 7.77. The van der Waals surface area contributed by atoms with Crippen molar-refractivity contribution in [1.82, 2.24) is 14.9 Å². The molecule has 5 nitrogen and oxygen atoms in total. The van der Waals surface area contributed by atoms with Gasteiger partial charge in [-0.3, -0.25) is 4.79 Å². The number of nitrogens with zero attached hydrogens (tertiary/aromatic N) is 3. The molecular weight excluding hydrogens is 310 g/mol. The molecule has 118 valence electrons. The number of aryl methyl sites for hydroxylation is 1. The average molecular weight is 327 g/mol. The smallest absolute Gasteiger partial charge is 0.265 e. The van der Waals surface area contributed by atoms with Crippen LogP contribution in [0.25, 0.3) is 11.1 Å². The van der Waals surface area contributed by atoms with E-state index in [4.69, 9.17) is 4.42 Å². The maximum atomic E-state index is 12.5. The Hall–Kier alpha value is -2.21. The first kappa shape index (κ1) is 14.4. The molecule has 6 heteroatoms. The van der Waals surface area contributed by atoms with Gasteiger partial charge < -0.3 is 9.32 Å². The third-order valence-corrected chi connectivity index (χ3v) is 5.30. The van der Waals surface area contributed by atoms with E-state index in [1.165, 1.54) is 11.3 Å². The van der Waals surface area contributed by atoms with Gasteiger partial charge in [0, 0.05) is 19.0 Å². The molecule has 1 aromatic carbocycles. The molecule has 0 radical (unpaired) electrons. The first-order valence-corrected chi connectivity index (χ1v) is 8.65. The molecule has 3 aromatic rings. The van der Waals surface area contributed by atoms with Gasteiger partial charge in [-0.05, 0) is 31.9 Å². The van der Waals surface area contributed by atoms with E-state index in [1.807, 2.05) is 36.1 Å². The van der Waals surface area contributed by atoms with Crippen LogP contribution in [0.1, 0.15) is 40.0 Å². The van der Waals surface area contributed by atoms with Crippen LogP contribution in [0.4, 0.5) is 0 Å². The summed E-state index contributed by atoms with van der Waals surface area (Å²) in [5.41, 5.74) is 4.29. The lowest BCUT2D eigenvalue weighted by Gasteiger charge is -2.30. The van der Waals surface area contributed by atoms with Gasteiger partial charge in [-0.25, -0.2) is 9.97 Å². The summed E-state index contributed by atoms with van der Waals surface area (Å²) in [4.78, 5) is 24.0. The van der Waals surface area contributed by atoms with Gasteiger partial charge in [-0.2, -0.15) is 0 Å². The number of amides is 1. The van der Waals surface area contributed by atoms with Crippen LogP contribution in [0.3, 0.4) is 0 Å². The Morgan fingerprint density at radius 1 is 1.30 bits per heavy atom. The highest BCUT2D eigenvalue weighted by molar-refractivity contribution is 7.11. The molecule has 0 N–H and O–H groups in total. The summed E-state index contributed by atoms with van der Waals surface area (Å²) in [6.45, 7) is 3.36. The molecule has 1 amide bonds. The Labute approximate surface area is 138 Å². The fourth-order valence-corrected chi connectivity index (χ4v) is 3.81. The molecule has 0 aliphatic carbocycles. The fraction of sp³-hybridized carbons (Fsp3) is 0.353. The zero-order valence-corrected chi connectivity index (χ0v) is 13.7. The number of thiazole rings is 1. The average Bonchev–Trinajstić information content (AvgIpc) is 3.20. The van der Waals surface area contributed by atoms with Crippen molar-refractivity contribution in [2.24, 2.45) is 0 Å². The number of fused-ring (bicyclic) bond motifs is 1. The van der Waals surface area contributed by atoms with Crippen molar-refractivity contribution < 1.29 is 9.21 Å². The van der Waals surface area contributed by atoms with Crippen LogP contribution in [-0.2, 0) is 0 Å². The van der Waals surface area contributed by atoms with E-state index in [2.05, 4.69) is 9.97 Å². The molecule has 3 heterocycles. The highest BCUT2D eigenvalue weighted by atomic mass is 32.1. The van der Waals surface area contributed by atoms with Crippen molar-refractivity contribution in [2.45, 2.75) is 25.7 Å². The summed E-state index contributed by atoms with van der Waals surface area (Å²) in [5.74, 6) is 1.18. The van der Waals surface area contributed by atoms with Crippen LogP contribution in [0, 0.1) is 6.92 Å². The van der Waals surface area contributed by atoms with Crippen LogP contribution >= 0.6 is 11.3 Å². The first-order chi connectivity index (χ1) is 11.2. The number of aromatic nitrogens is 2. The van der Waals surface area contributed by atoms with Crippen molar-refractivity contribution in [2.75, 3.05) is 13.1 Å². The number of likely N-dealkylation sites (tertiary alicyclic amines) is 1. The van der Waals surface area contributed by atoms with Gasteiger partial charge in [0.25, 0.3) is 5.91 Å². The van der Waals surface area contributed by atoms with Gasteiger partial charge in [0.2, 0.25) is 0 Å². The van der Waals surface area contributed by atoms with Gasteiger partial charge in [0.05, 0.1) is 11.2 Å². The minimum atomic E-state index is 0.0982. The lowest BCUT2D eigenvalue weighted by Crippen LogP contribution is -2.37. The topological polar surface area (TPSA) is 59.2 Å². The van der Waals surface area contributed by atoms with Crippen molar-refractivity contribution in [3.8, 4) is 0 Å². The number of para-hydroxylation sites is 2. The van der Waals surface area contributed by atoms with Crippen LogP contribution in [0.15, 0.2) is 34.2 Å². The van der Waals surface area contributed by atoms with Gasteiger partial charge in [0.1, 0.15) is 10.4 Å². The molecule has 2 aromatic heterocycles. The Morgan fingerprint density at radius 2 is 2.09 bits per heavy atom. The zero-order chi connectivity index (χ0) is 15.8. The maximum absolute atomic E-state index is 12.5. The molecule has 1 saturated heterocycles. The van der Waals surface area contributed by atoms with Gasteiger partial charge in [0.15, 0.2) is 11.5 Å². The Kier molecular flexibility index (Phi) is 3.61. The summed E-state index contributed by atoms with van der Waals surface area (Å²) in [6, 6.07) is 7.83. The van der Waals surface area contributed by atoms with E-state index in [9.17, 15) is 4.79 Å². The normalized spacial score (nSPS) is 16.1. The van der Waals surface area contributed by atoms with Gasteiger partial charge in [-0.1, -0.05) is 12.1 Å². The van der Waals surface area contributed by atoms with Crippen molar-refractivity contribution >= 4 is 28.3 Å². The van der Waals surface area contributed by atoms with Gasteiger partial charge in [-0.15, -0.1) is 11.3 Å². The molecule has 4 rings (SSSR count). The number of oxazole rings is 1. The lowest BCUT2D eigenvalue weighted by atomic mass is 9.96. The quantitative estimate of drug-likeness (QED) is 0.721. The largest absolute Gasteiger partial charge is 0.440 e. The van der Waals surface area contributed by atoms with E-state index in [0.29, 0.717) is 0 Å². The minimum Gasteiger partial charge on any atom is -0.440 e.